The van der Waals surface area contributed by atoms with Crippen LogP contribution in [0.15, 0.2) is 47.6 Å². The third-order valence-electron chi connectivity index (χ3n) is 3.82. The van der Waals surface area contributed by atoms with Crippen LogP contribution in [0.1, 0.15) is 32.3 Å². The number of benzene rings is 2. The maximum atomic E-state index is 12.0. The van der Waals surface area contributed by atoms with Gasteiger partial charge in [0.05, 0.1) is 26.5 Å². The molecule has 0 aliphatic carbocycles. The molecule has 0 heterocycles. The van der Waals surface area contributed by atoms with E-state index >= 15 is 0 Å². The fourth-order valence-corrected chi connectivity index (χ4v) is 2.35. The summed E-state index contributed by atoms with van der Waals surface area (Å²) in [4.78, 5) is 23.9. The van der Waals surface area contributed by atoms with Gasteiger partial charge in [0.25, 0.3) is 0 Å². The number of nitrogens with zero attached hydrogens (tertiary/aromatic N) is 1. The van der Waals surface area contributed by atoms with Crippen LogP contribution in [0.5, 0.6) is 17.2 Å². The fraction of sp³-hybridized carbons (Fsp3) is 0.318. The van der Waals surface area contributed by atoms with Crippen molar-refractivity contribution in [3.63, 3.8) is 0 Å². The van der Waals surface area contributed by atoms with Crippen LogP contribution in [0, 0.1) is 0 Å². The molecule has 2 amide bonds. The average molecular weight is 413 g/mol. The number of amides is 2. The van der Waals surface area contributed by atoms with Gasteiger partial charge < -0.3 is 19.5 Å². The Kier molecular flexibility index (Phi) is 9.18. The summed E-state index contributed by atoms with van der Waals surface area (Å²) in [7, 11) is 1.55. The number of carbonyl (C=O) groups excluding carboxylic acids is 2. The maximum Gasteiger partial charge on any atom is 0.329 e. The zero-order valence-corrected chi connectivity index (χ0v) is 17.4. The molecule has 2 N–H and O–H groups in total. The van der Waals surface area contributed by atoms with Crippen LogP contribution >= 0.6 is 0 Å². The topological polar surface area (TPSA) is 98.2 Å². The Labute approximate surface area is 176 Å². The number of hydrogen-bond donors (Lipinski definition) is 2. The van der Waals surface area contributed by atoms with Crippen molar-refractivity contribution < 1.29 is 23.8 Å². The Morgan fingerprint density at radius 3 is 2.30 bits per heavy atom. The quantitative estimate of drug-likeness (QED) is 0.354. The first-order valence-corrected chi connectivity index (χ1v) is 9.75. The van der Waals surface area contributed by atoms with Crippen LogP contribution < -0.4 is 25.0 Å². The average Bonchev–Trinajstić information content (AvgIpc) is 2.77. The third-order valence-corrected chi connectivity index (χ3v) is 3.82. The molecular formula is C22H27N3O5. The van der Waals surface area contributed by atoms with Gasteiger partial charge in [-0.3, -0.25) is 9.59 Å². The van der Waals surface area contributed by atoms with Crippen molar-refractivity contribution in [1.29, 1.82) is 0 Å². The van der Waals surface area contributed by atoms with Crippen LogP contribution in [-0.4, -0.2) is 38.4 Å². The van der Waals surface area contributed by atoms with Crippen molar-refractivity contribution in [2.24, 2.45) is 5.10 Å². The highest BCUT2D eigenvalue weighted by atomic mass is 16.5. The number of anilines is 1. The number of methoxy groups -OCH3 is 1. The Bertz CT molecular complexity index is 866. The van der Waals surface area contributed by atoms with Gasteiger partial charge in [-0.2, -0.15) is 5.10 Å². The number of hydrogen-bond acceptors (Lipinski definition) is 6. The summed E-state index contributed by atoms with van der Waals surface area (Å²) in [6, 6.07) is 12.0. The van der Waals surface area contributed by atoms with Gasteiger partial charge in [-0.05, 0) is 60.9 Å². The van der Waals surface area contributed by atoms with Crippen molar-refractivity contribution in [1.82, 2.24) is 5.43 Å². The van der Waals surface area contributed by atoms with E-state index in [0.29, 0.717) is 41.7 Å². The highest BCUT2D eigenvalue weighted by Crippen LogP contribution is 2.27. The lowest BCUT2D eigenvalue weighted by Gasteiger charge is -2.10. The van der Waals surface area contributed by atoms with Crippen LogP contribution in [0.3, 0.4) is 0 Å². The molecule has 0 bridgehead atoms. The van der Waals surface area contributed by atoms with E-state index in [1.54, 1.807) is 49.6 Å². The summed E-state index contributed by atoms with van der Waals surface area (Å²) in [5, 5.41) is 6.32. The smallest absolute Gasteiger partial charge is 0.329 e. The van der Waals surface area contributed by atoms with Crippen LogP contribution in [0.25, 0.3) is 0 Å². The van der Waals surface area contributed by atoms with E-state index in [1.165, 1.54) is 6.21 Å². The lowest BCUT2D eigenvalue weighted by molar-refractivity contribution is -0.136. The molecule has 8 nitrogen and oxygen atoms in total. The van der Waals surface area contributed by atoms with E-state index in [-0.39, 0.29) is 0 Å². The predicted molar refractivity (Wildman–Crippen MR) is 115 cm³/mol. The number of carbonyl (C=O) groups is 2. The lowest BCUT2D eigenvalue weighted by Crippen LogP contribution is -2.32. The van der Waals surface area contributed by atoms with Crippen molar-refractivity contribution in [3.8, 4) is 17.2 Å². The highest BCUT2D eigenvalue weighted by Gasteiger charge is 2.13. The SMILES string of the molecule is CCCOc1ccc(NC(=O)C(=O)N/N=C\c2ccc(OCCC)c(OC)c2)cc1. The minimum atomic E-state index is -0.882. The van der Waals surface area contributed by atoms with Gasteiger partial charge in [-0.1, -0.05) is 13.8 Å². The first-order chi connectivity index (χ1) is 14.6. The predicted octanol–water partition coefficient (Wildman–Crippen LogP) is 3.36. The van der Waals surface area contributed by atoms with E-state index in [9.17, 15) is 9.59 Å². The molecule has 0 saturated carbocycles. The standard InChI is InChI=1S/C22H27N3O5/c1-4-12-29-18-9-7-17(8-10-18)24-21(26)22(27)25-23-15-16-6-11-19(30-13-5-2)20(14-16)28-3/h6-11,14-15H,4-5,12-13H2,1-3H3,(H,24,26)(H,25,27)/b23-15-. The van der Waals surface area contributed by atoms with Gasteiger partial charge in [0.15, 0.2) is 11.5 Å². The highest BCUT2D eigenvalue weighted by molar-refractivity contribution is 6.39. The molecule has 2 aromatic rings. The molecule has 0 fully saturated rings. The summed E-state index contributed by atoms with van der Waals surface area (Å²) in [6.45, 7) is 5.24. The number of hydrazone groups is 1. The van der Waals surface area contributed by atoms with Gasteiger partial charge in [0.2, 0.25) is 0 Å². The lowest BCUT2D eigenvalue weighted by atomic mass is 10.2. The first kappa shape index (κ1) is 22.7. The minimum absolute atomic E-state index is 0.482. The molecule has 0 saturated heterocycles. The number of ether oxygens (including phenoxy) is 3. The summed E-state index contributed by atoms with van der Waals surface area (Å²) in [5.41, 5.74) is 3.36. The molecule has 30 heavy (non-hydrogen) atoms. The van der Waals surface area contributed by atoms with Gasteiger partial charge in [0.1, 0.15) is 5.75 Å². The molecule has 2 rings (SSSR count). The molecular weight excluding hydrogens is 386 g/mol. The summed E-state index contributed by atoms with van der Waals surface area (Å²) < 4.78 is 16.4. The molecule has 0 aromatic heterocycles. The first-order valence-electron chi connectivity index (χ1n) is 9.75. The van der Waals surface area contributed by atoms with E-state index in [0.717, 1.165) is 12.8 Å². The Morgan fingerprint density at radius 1 is 0.933 bits per heavy atom. The maximum absolute atomic E-state index is 12.0. The molecule has 0 atom stereocenters. The van der Waals surface area contributed by atoms with E-state index in [1.807, 2.05) is 13.8 Å². The van der Waals surface area contributed by atoms with Crippen LogP contribution in [0.2, 0.25) is 0 Å². The molecule has 0 aliphatic heterocycles. The normalized spacial score (nSPS) is 10.5. The third kappa shape index (κ3) is 7.12. The van der Waals surface area contributed by atoms with E-state index < -0.39 is 11.8 Å². The second kappa shape index (κ2) is 12.1. The van der Waals surface area contributed by atoms with Crippen molar-refractivity contribution in [2.75, 3.05) is 25.6 Å². The zero-order chi connectivity index (χ0) is 21.8. The van der Waals surface area contributed by atoms with Crippen molar-refractivity contribution in [2.45, 2.75) is 26.7 Å². The molecule has 2 aromatic carbocycles. The second-order valence-corrected chi connectivity index (χ2v) is 6.28. The summed E-state index contributed by atoms with van der Waals surface area (Å²) >= 11 is 0. The van der Waals surface area contributed by atoms with Gasteiger partial charge in [-0.15, -0.1) is 0 Å². The van der Waals surface area contributed by atoms with Crippen LogP contribution in [-0.2, 0) is 9.59 Å². The molecule has 160 valence electrons. The number of rotatable bonds is 10. The van der Waals surface area contributed by atoms with Gasteiger partial charge >= 0.3 is 11.8 Å². The number of nitrogens with one attached hydrogen (secondary N) is 2. The van der Waals surface area contributed by atoms with Crippen molar-refractivity contribution in [3.05, 3.63) is 48.0 Å². The Morgan fingerprint density at radius 2 is 1.63 bits per heavy atom. The summed E-state index contributed by atoms with van der Waals surface area (Å²) in [6.07, 6.45) is 3.21. The molecule has 0 spiro atoms. The fourth-order valence-electron chi connectivity index (χ4n) is 2.35. The van der Waals surface area contributed by atoms with E-state index in [2.05, 4.69) is 15.8 Å². The van der Waals surface area contributed by atoms with Crippen LogP contribution in [0.4, 0.5) is 5.69 Å². The van der Waals surface area contributed by atoms with Gasteiger partial charge in [-0.25, -0.2) is 5.43 Å². The largest absolute Gasteiger partial charge is 0.494 e. The zero-order valence-electron chi connectivity index (χ0n) is 17.4. The second-order valence-electron chi connectivity index (χ2n) is 6.28. The molecule has 0 unspecified atom stereocenters. The Hall–Kier alpha value is -3.55. The monoisotopic (exact) mass is 413 g/mol. The minimum Gasteiger partial charge on any atom is -0.494 e. The Balaban J connectivity index is 1.88. The molecule has 0 radical (unpaired) electrons. The van der Waals surface area contributed by atoms with E-state index in [4.69, 9.17) is 14.2 Å². The molecule has 0 aliphatic rings. The van der Waals surface area contributed by atoms with Crippen molar-refractivity contribution >= 4 is 23.7 Å². The summed E-state index contributed by atoms with van der Waals surface area (Å²) in [5.74, 6) is 0.182. The van der Waals surface area contributed by atoms with Gasteiger partial charge in [0, 0.05) is 5.69 Å². The molecule has 8 heteroatoms.